The average Bonchev–Trinajstić information content (AvgIpc) is 2.77. The molecule has 5 nitrogen and oxygen atoms in total. The highest BCUT2D eigenvalue weighted by Gasteiger charge is 2.00. The Kier molecular flexibility index (Phi) is 5.70. The SMILES string of the molecule is COC(=O)CCCNC(=O)C=Cc1ccc(C)o1. The fourth-order valence-corrected chi connectivity index (χ4v) is 1.31. The van der Waals surface area contributed by atoms with Crippen molar-refractivity contribution in [1.82, 2.24) is 5.32 Å². The van der Waals surface area contributed by atoms with E-state index in [2.05, 4.69) is 10.1 Å². The van der Waals surface area contributed by atoms with Crippen molar-refractivity contribution in [2.24, 2.45) is 0 Å². The van der Waals surface area contributed by atoms with Crippen molar-refractivity contribution >= 4 is 18.0 Å². The molecular weight excluding hydrogens is 234 g/mol. The fraction of sp³-hybridized carbons (Fsp3) is 0.385. The molecule has 1 amide bonds. The summed E-state index contributed by atoms with van der Waals surface area (Å²) in [6.45, 7) is 2.28. The third kappa shape index (κ3) is 5.34. The van der Waals surface area contributed by atoms with Crippen LogP contribution in [0.15, 0.2) is 22.6 Å². The number of carbonyl (C=O) groups excluding carboxylic acids is 2. The maximum Gasteiger partial charge on any atom is 0.305 e. The molecule has 1 N–H and O–H groups in total. The maximum absolute atomic E-state index is 11.4. The molecule has 1 rings (SSSR count). The third-order valence-electron chi connectivity index (χ3n) is 2.24. The van der Waals surface area contributed by atoms with E-state index in [0.29, 0.717) is 25.1 Å². The van der Waals surface area contributed by atoms with E-state index in [1.807, 2.05) is 13.0 Å². The summed E-state index contributed by atoms with van der Waals surface area (Å²) in [6, 6.07) is 3.62. The Morgan fingerprint density at radius 2 is 2.22 bits per heavy atom. The van der Waals surface area contributed by atoms with E-state index in [1.54, 1.807) is 12.1 Å². The van der Waals surface area contributed by atoms with E-state index >= 15 is 0 Å². The lowest BCUT2D eigenvalue weighted by Gasteiger charge is -2.00. The Morgan fingerprint density at radius 1 is 1.44 bits per heavy atom. The van der Waals surface area contributed by atoms with E-state index in [1.165, 1.54) is 13.2 Å². The minimum absolute atomic E-state index is 0.214. The van der Waals surface area contributed by atoms with Crippen LogP contribution in [0.3, 0.4) is 0 Å². The zero-order valence-electron chi connectivity index (χ0n) is 10.6. The summed E-state index contributed by atoms with van der Waals surface area (Å²) in [4.78, 5) is 22.2. The monoisotopic (exact) mass is 251 g/mol. The number of esters is 1. The normalized spacial score (nSPS) is 10.6. The smallest absolute Gasteiger partial charge is 0.305 e. The number of rotatable bonds is 6. The van der Waals surface area contributed by atoms with Crippen LogP contribution in [0.5, 0.6) is 0 Å². The molecule has 0 atom stereocenters. The van der Waals surface area contributed by atoms with Crippen molar-refractivity contribution in [3.63, 3.8) is 0 Å². The molecule has 0 fully saturated rings. The van der Waals surface area contributed by atoms with E-state index in [0.717, 1.165) is 5.76 Å². The van der Waals surface area contributed by atoms with Gasteiger partial charge >= 0.3 is 5.97 Å². The summed E-state index contributed by atoms with van der Waals surface area (Å²) < 4.78 is 9.76. The zero-order chi connectivity index (χ0) is 13.4. The van der Waals surface area contributed by atoms with Gasteiger partial charge in [0.25, 0.3) is 0 Å². The standard InChI is InChI=1S/C13H17NO4/c1-10-5-6-11(18-10)7-8-12(15)14-9-3-4-13(16)17-2/h5-8H,3-4,9H2,1-2H3,(H,14,15). The number of carbonyl (C=O) groups is 2. The van der Waals surface area contributed by atoms with Gasteiger partial charge in [0.1, 0.15) is 11.5 Å². The van der Waals surface area contributed by atoms with Crippen molar-refractivity contribution in [3.05, 3.63) is 29.7 Å². The van der Waals surface area contributed by atoms with Crippen LogP contribution in [0.4, 0.5) is 0 Å². The lowest BCUT2D eigenvalue weighted by molar-refractivity contribution is -0.140. The van der Waals surface area contributed by atoms with Crippen LogP contribution in [-0.4, -0.2) is 25.5 Å². The first-order chi connectivity index (χ1) is 8.61. The first kappa shape index (κ1) is 14.0. The summed E-state index contributed by atoms with van der Waals surface area (Å²) >= 11 is 0. The van der Waals surface area contributed by atoms with Crippen molar-refractivity contribution in [1.29, 1.82) is 0 Å². The molecule has 0 aromatic carbocycles. The molecule has 0 saturated heterocycles. The number of hydrogen-bond acceptors (Lipinski definition) is 4. The second-order valence-corrected chi connectivity index (χ2v) is 3.75. The molecule has 0 saturated carbocycles. The van der Waals surface area contributed by atoms with Crippen LogP contribution in [0.1, 0.15) is 24.4 Å². The molecule has 1 heterocycles. The zero-order valence-corrected chi connectivity index (χ0v) is 10.6. The summed E-state index contributed by atoms with van der Waals surface area (Å²) in [5.41, 5.74) is 0. The van der Waals surface area contributed by atoms with Gasteiger partial charge in [-0.1, -0.05) is 0 Å². The molecule has 0 radical (unpaired) electrons. The molecule has 18 heavy (non-hydrogen) atoms. The highest BCUT2D eigenvalue weighted by molar-refractivity contribution is 5.91. The summed E-state index contributed by atoms with van der Waals surface area (Å²) in [7, 11) is 1.34. The number of furan rings is 1. The predicted octanol–water partition coefficient (Wildman–Crippen LogP) is 1.67. The Hall–Kier alpha value is -2.04. The van der Waals surface area contributed by atoms with Crippen LogP contribution >= 0.6 is 0 Å². The molecule has 0 aliphatic heterocycles. The highest BCUT2D eigenvalue weighted by Crippen LogP contribution is 2.07. The summed E-state index contributed by atoms with van der Waals surface area (Å²) in [5.74, 6) is 0.949. The van der Waals surface area contributed by atoms with Crippen LogP contribution in [0.2, 0.25) is 0 Å². The number of nitrogens with one attached hydrogen (secondary N) is 1. The van der Waals surface area contributed by atoms with Gasteiger partial charge in [-0.25, -0.2) is 0 Å². The van der Waals surface area contributed by atoms with Gasteiger partial charge in [-0.2, -0.15) is 0 Å². The van der Waals surface area contributed by atoms with E-state index in [9.17, 15) is 9.59 Å². The average molecular weight is 251 g/mol. The van der Waals surface area contributed by atoms with Crippen molar-refractivity contribution in [2.75, 3.05) is 13.7 Å². The third-order valence-corrected chi connectivity index (χ3v) is 2.24. The van der Waals surface area contributed by atoms with Gasteiger partial charge in [0.15, 0.2) is 0 Å². The predicted molar refractivity (Wildman–Crippen MR) is 66.7 cm³/mol. The molecule has 0 aliphatic rings. The van der Waals surface area contributed by atoms with Crippen LogP contribution in [0.25, 0.3) is 6.08 Å². The summed E-state index contributed by atoms with van der Waals surface area (Å²) in [6.07, 6.45) is 3.86. The maximum atomic E-state index is 11.4. The first-order valence-electron chi connectivity index (χ1n) is 5.71. The molecule has 5 heteroatoms. The molecule has 1 aromatic rings. The molecule has 0 bridgehead atoms. The number of methoxy groups -OCH3 is 1. The summed E-state index contributed by atoms with van der Waals surface area (Å²) in [5, 5.41) is 2.66. The van der Waals surface area contributed by atoms with E-state index in [4.69, 9.17) is 4.42 Å². The van der Waals surface area contributed by atoms with Gasteiger partial charge in [-0.15, -0.1) is 0 Å². The van der Waals surface area contributed by atoms with Crippen LogP contribution in [-0.2, 0) is 14.3 Å². The Morgan fingerprint density at radius 3 is 2.83 bits per heavy atom. The van der Waals surface area contributed by atoms with Crippen LogP contribution < -0.4 is 5.32 Å². The fourth-order valence-electron chi connectivity index (χ4n) is 1.31. The van der Waals surface area contributed by atoms with Gasteiger partial charge < -0.3 is 14.5 Å². The molecule has 98 valence electrons. The Labute approximate surface area is 106 Å². The minimum atomic E-state index is -0.272. The molecule has 0 spiro atoms. The second-order valence-electron chi connectivity index (χ2n) is 3.75. The van der Waals surface area contributed by atoms with Gasteiger partial charge in [0, 0.05) is 19.0 Å². The quantitative estimate of drug-likeness (QED) is 0.474. The van der Waals surface area contributed by atoms with Gasteiger partial charge in [-0.3, -0.25) is 9.59 Å². The molecule has 0 aliphatic carbocycles. The number of ether oxygens (including phenoxy) is 1. The topological polar surface area (TPSA) is 68.5 Å². The number of aryl methyl sites for hydroxylation is 1. The number of amides is 1. The highest BCUT2D eigenvalue weighted by atomic mass is 16.5. The minimum Gasteiger partial charge on any atom is -0.469 e. The number of hydrogen-bond donors (Lipinski definition) is 1. The van der Waals surface area contributed by atoms with Gasteiger partial charge in [0.05, 0.1) is 7.11 Å². The van der Waals surface area contributed by atoms with Crippen molar-refractivity contribution < 1.29 is 18.7 Å². The second kappa shape index (κ2) is 7.32. The Bertz CT molecular complexity index is 434. The lowest BCUT2D eigenvalue weighted by atomic mass is 10.3. The van der Waals surface area contributed by atoms with E-state index < -0.39 is 0 Å². The Balaban J connectivity index is 2.21. The largest absolute Gasteiger partial charge is 0.469 e. The van der Waals surface area contributed by atoms with Crippen molar-refractivity contribution in [2.45, 2.75) is 19.8 Å². The van der Waals surface area contributed by atoms with Crippen LogP contribution in [0, 0.1) is 6.92 Å². The van der Waals surface area contributed by atoms with Gasteiger partial charge in [0.2, 0.25) is 5.91 Å². The molecule has 1 aromatic heterocycles. The first-order valence-corrected chi connectivity index (χ1v) is 5.71. The molecular formula is C13H17NO4. The van der Waals surface area contributed by atoms with E-state index in [-0.39, 0.29) is 11.9 Å². The molecule has 0 unspecified atom stereocenters. The van der Waals surface area contributed by atoms with Crippen molar-refractivity contribution in [3.8, 4) is 0 Å². The van der Waals surface area contributed by atoms with Gasteiger partial charge in [-0.05, 0) is 31.6 Å². The lowest BCUT2D eigenvalue weighted by Crippen LogP contribution is -2.22.